The highest BCUT2D eigenvalue weighted by Crippen LogP contribution is 2.33. The van der Waals surface area contributed by atoms with E-state index in [1.54, 1.807) is 0 Å². The van der Waals surface area contributed by atoms with Gasteiger partial charge in [-0.15, -0.1) is 0 Å². The molecule has 4 heteroatoms. The smallest absolute Gasteiger partial charge is 0.138 e. The van der Waals surface area contributed by atoms with Crippen molar-refractivity contribution in [2.45, 2.75) is 26.7 Å². The first-order valence-corrected chi connectivity index (χ1v) is 6.38. The predicted octanol–water partition coefficient (Wildman–Crippen LogP) is 3.03. The molecule has 96 valence electrons. The maximum atomic E-state index is 6.12. The van der Waals surface area contributed by atoms with Crippen LogP contribution in [0.2, 0.25) is 5.02 Å². The Morgan fingerprint density at radius 3 is 2.35 bits per heavy atom. The van der Waals surface area contributed by atoms with Gasteiger partial charge in [0.05, 0.1) is 18.2 Å². The van der Waals surface area contributed by atoms with Crippen LogP contribution in [0.15, 0.2) is 12.1 Å². The number of nitrogens with two attached hydrogens (primary N) is 1. The monoisotopic (exact) mass is 257 g/mol. The van der Waals surface area contributed by atoms with E-state index in [9.17, 15) is 0 Å². The number of rotatable bonds is 7. The molecule has 0 fully saturated rings. The lowest BCUT2D eigenvalue weighted by Crippen LogP contribution is -2.04. The van der Waals surface area contributed by atoms with Gasteiger partial charge in [-0.3, -0.25) is 0 Å². The highest BCUT2D eigenvalue weighted by atomic mass is 35.5. The van der Waals surface area contributed by atoms with Crippen LogP contribution in [0.5, 0.6) is 11.5 Å². The highest BCUT2D eigenvalue weighted by Gasteiger charge is 2.10. The van der Waals surface area contributed by atoms with Gasteiger partial charge < -0.3 is 15.2 Å². The fraction of sp³-hybridized carbons (Fsp3) is 0.538. The van der Waals surface area contributed by atoms with Crippen LogP contribution in [-0.4, -0.2) is 19.8 Å². The Kier molecular flexibility index (Phi) is 6.16. The Balaban J connectivity index is 2.98. The van der Waals surface area contributed by atoms with Crippen molar-refractivity contribution in [1.29, 1.82) is 0 Å². The summed E-state index contributed by atoms with van der Waals surface area (Å²) in [7, 11) is 0. The molecule has 0 heterocycles. The highest BCUT2D eigenvalue weighted by molar-refractivity contribution is 6.32. The SMILES string of the molecule is CCOc1cc(CCCN)c(OCC)cc1Cl. The molecule has 2 N–H and O–H groups in total. The third-order valence-corrected chi connectivity index (χ3v) is 2.66. The lowest BCUT2D eigenvalue weighted by atomic mass is 10.1. The van der Waals surface area contributed by atoms with Crippen molar-refractivity contribution in [3.63, 3.8) is 0 Å². The van der Waals surface area contributed by atoms with Crippen LogP contribution >= 0.6 is 11.6 Å². The molecule has 0 bridgehead atoms. The molecular weight excluding hydrogens is 238 g/mol. The summed E-state index contributed by atoms with van der Waals surface area (Å²) in [4.78, 5) is 0. The predicted molar refractivity (Wildman–Crippen MR) is 71.2 cm³/mol. The molecule has 3 nitrogen and oxygen atoms in total. The molecule has 17 heavy (non-hydrogen) atoms. The topological polar surface area (TPSA) is 44.5 Å². The van der Waals surface area contributed by atoms with E-state index in [4.69, 9.17) is 26.8 Å². The van der Waals surface area contributed by atoms with E-state index in [-0.39, 0.29) is 0 Å². The van der Waals surface area contributed by atoms with Gasteiger partial charge in [0.1, 0.15) is 11.5 Å². The van der Waals surface area contributed by atoms with Gasteiger partial charge >= 0.3 is 0 Å². The van der Waals surface area contributed by atoms with Crippen molar-refractivity contribution in [1.82, 2.24) is 0 Å². The molecule has 0 aliphatic rings. The van der Waals surface area contributed by atoms with Gasteiger partial charge in [-0.2, -0.15) is 0 Å². The van der Waals surface area contributed by atoms with Crippen molar-refractivity contribution >= 4 is 11.6 Å². The largest absolute Gasteiger partial charge is 0.494 e. The number of hydrogen-bond donors (Lipinski definition) is 1. The molecule has 1 aromatic rings. The lowest BCUT2D eigenvalue weighted by molar-refractivity contribution is 0.327. The normalized spacial score (nSPS) is 10.4. The summed E-state index contributed by atoms with van der Waals surface area (Å²) in [6.07, 6.45) is 1.80. The van der Waals surface area contributed by atoms with Crippen molar-refractivity contribution < 1.29 is 9.47 Å². The third kappa shape index (κ3) is 4.10. The molecule has 0 saturated heterocycles. The Morgan fingerprint density at radius 2 is 1.76 bits per heavy atom. The maximum absolute atomic E-state index is 6.12. The summed E-state index contributed by atoms with van der Waals surface area (Å²) in [5.41, 5.74) is 6.63. The second kappa shape index (κ2) is 7.41. The molecule has 0 atom stereocenters. The van der Waals surface area contributed by atoms with E-state index in [0.29, 0.717) is 30.5 Å². The summed E-state index contributed by atoms with van der Waals surface area (Å²) in [5, 5.41) is 0.590. The molecule has 0 aliphatic heterocycles. The van der Waals surface area contributed by atoms with Crippen LogP contribution < -0.4 is 15.2 Å². The molecule has 0 unspecified atom stereocenters. The van der Waals surface area contributed by atoms with Crippen LogP contribution in [-0.2, 0) is 6.42 Å². The summed E-state index contributed by atoms with van der Waals surface area (Å²) in [6, 6.07) is 3.77. The van der Waals surface area contributed by atoms with Gasteiger partial charge in [-0.1, -0.05) is 11.6 Å². The Hall–Kier alpha value is -0.930. The molecular formula is C13H20ClNO2. The second-order valence-electron chi connectivity index (χ2n) is 3.65. The lowest BCUT2D eigenvalue weighted by Gasteiger charge is -2.14. The zero-order chi connectivity index (χ0) is 12.7. The Labute approximate surface area is 108 Å². The van der Waals surface area contributed by atoms with E-state index in [1.807, 2.05) is 26.0 Å². The van der Waals surface area contributed by atoms with E-state index >= 15 is 0 Å². The number of halogens is 1. The van der Waals surface area contributed by atoms with Crippen LogP contribution in [0, 0.1) is 0 Å². The first-order chi connectivity index (χ1) is 8.22. The average molecular weight is 258 g/mol. The van der Waals surface area contributed by atoms with Crippen LogP contribution in [0.4, 0.5) is 0 Å². The minimum Gasteiger partial charge on any atom is -0.494 e. The number of ether oxygens (including phenoxy) is 2. The van der Waals surface area contributed by atoms with Crippen LogP contribution in [0.3, 0.4) is 0 Å². The zero-order valence-electron chi connectivity index (χ0n) is 10.5. The number of aryl methyl sites for hydroxylation is 1. The first kappa shape index (κ1) is 14.1. The average Bonchev–Trinajstić information content (AvgIpc) is 2.31. The van der Waals surface area contributed by atoms with Gasteiger partial charge in [-0.05, 0) is 44.9 Å². The molecule has 0 aromatic heterocycles. The van der Waals surface area contributed by atoms with Gasteiger partial charge in [0.15, 0.2) is 0 Å². The second-order valence-corrected chi connectivity index (χ2v) is 4.06. The van der Waals surface area contributed by atoms with E-state index in [1.165, 1.54) is 0 Å². The van der Waals surface area contributed by atoms with Crippen LogP contribution in [0.25, 0.3) is 0 Å². The number of hydrogen-bond acceptors (Lipinski definition) is 3. The standard InChI is InChI=1S/C13H20ClNO2/c1-3-16-12-9-11(14)13(17-4-2)8-10(12)6-5-7-15/h8-9H,3-7,15H2,1-2H3. The summed E-state index contributed by atoms with van der Waals surface area (Å²) in [6.45, 7) is 5.78. The summed E-state index contributed by atoms with van der Waals surface area (Å²) >= 11 is 6.12. The molecule has 0 spiro atoms. The fourth-order valence-corrected chi connectivity index (χ4v) is 1.83. The summed E-state index contributed by atoms with van der Waals surface area (Å²) < 4.78 is 11.0. The van der Waals surface area contributed by atoms with E-state index in [0.717, 1.165) is 24.2 Å². The number of benzene rings is 1. The third-order valence-electron chi connectivity index (χ3n) is 2.36. The fourth-order valence-electron chi connectivity index (χ4n) is 1.62. The Morgan fingerprint density at radius 1 is 1.12 bits per heavy atom. The van der Waals surface area contributed by atoms with Gasteiger partial charge in [0.2, 0.25) is 0 Å². The molecule has 0 radical (unpaired) electrons. The Bertz CT molecular complexity index is 356. The summed E-state index contributed by atoms with van der Waals surface area (Å²) in [5.74, 6) is 1.54. The van der Waals surface area contributed by atoms with Gasteiger partial charge in [0, 0.05) is 6.07 Å². The minimum atomic E-state index is 0.590. The van der Waals surface area contributed by atoms with Crippen molar-refractivity contribution in [3.8, 4) is 11.5 Å². The van der Waals surface area contributed by atoms with E-state index in [2.05, 4.69) is 0 Å². The first-order valence-electron chi connectivity index (χ1n) is 6.01. The molecule has 1 rings (SSSR count). The van der Waals surface area contributed by atoms with Gasteiger partial charge in [0.25, 0.3) is 0 Å². The molecule has 0 aliphatic carbocycles. The maximum Gasteiger partial charge on any atom is 0.138 e. The zero-order valence-corrected chi connectivity index (χ0v) is 11.2. The quantitative estimate of drug-likeness (QED) is 0.817. The minimum absolute atomic E-state index is 0.590. The van der Waals surface area contributed by atoms with Crippen molar-refractivity contribution in [2.24, 2.45) is 5.73 Å². The molecule has 1 aromatic carbocycles. The van der Waals surface area contributed by atoms with Crippen molar-refractivity contribution in [3.05, 3.63) is 22.7 Å². The van der Waals surface area contributed by atoms with Gasteiger partial charge in [-0.25, -0.2) is 0 Å². The van der Waals surface area contributed by atoms with Crippen molar-refractivity contribution in [2.75, 3.05) is 19.8 Å². The van der Waals surface area contributed by atoms with E-state index < -0.39 is 0 Å². The van der Waals surface area contributed by atoms with Crippen LogP contribution in [0.1, 0.15) is 25.8 Å². The molecule has 0 amide bonds. The molecule has 0 saturated carbocycles.